The Balaban J connectivity index is 1.93. The smallest absolute Gasteiger partial charge is 0.322 e. The lowest BCUT2D eigenvalue weighted by molar-refractivity contribution is -0.144. The Morgan fingerprint density at radius 3 is 1.76 bits per heavy atom. The molecule has 1 N–H and O–H groups in total. The molecule has 3 aromatic rings. The fourth-order valence-corrected chi connectivity index (χ4v) is 4.94. The van der Waals surface area contributed by atoms with Gasteiger partial charge < -0.3 is 4.74 Å². The van der Waals surface area contributed by atoms with Crippen LogP contribution in [0, 0.1) is 5.92 Å². The highest BCUT2D eigenvalue weighted by Gasteiger charge is 2.47. The van der Waals surface area contributed by atoms with E-state index in [1.165, 1.54) is 21.0 Å². The van der Waals surface area contributed by atoms with Crippen LogP contribution in [0.15, 0.2) is 78.9 Å². The van der Waals surface area contributed by atoms with Crippen LogP contribution in [0.5, 0.6) is 0 Å². The van der Waals surface area contributed by atoms with E-state index in [-0.39, 0.29) is 18.0 Å². The Bertz CT molecular complexity index is 1140. The van der Waals surface area contributed by atoms with Crippen LogP contribution in [0.4, 0.5) is 0 Å². The van der Waals surface area contributed by atoms with E-state index in [4.69, 9.17) is 4.74 Å². The second-order valence-corrected chi connectivity index (χ2v) is 8.44. The maximum Gasteiger partial charge on any atom is 0.322 e. The molecule has 0 aromatic heterocycles. The normalized spacial score (nSPS) is 14.3. The molecule has 0 saturated carbocycles. The third kappa shape index (κ3) is 3.89. The van der Waals surface area contributed by atoms with Crippen molar-refractivity contribution in [2.45, 2.75) is 31.8 Å². The van der Waals surface area contributed by atoms with Gasteiger partial charge in [0.15, 0.2) is 0 Å². The molecule has 1 atom stereocenters. The number of nitrogens with one attached hydrogen (secondary N) is 1. The molecule has 3 aromatic carbocycles. The summed E-state index contributed by atoms with van der Waals surface area (Å²) in [5.74, 6) is -1.93. The van der Waals surface area contributed by atoms with Crippen molar-refractivity contribution in [1.82, 2.24) is 5.32 Å². The topological polar surface area (TPSA) is 72.5 Å². The number of methoxy groups -OCH3 is 1. The lowest BCUT2D eigenvalue weighted by Gasteiger charge is -2.37. The Hall–Kier alpha value is -3.57. The van der Waals surface area contributed by atoms with Crippen LogP contribution in [-0.2, 0) is 24.7 Å². The number of carbonyl (C=O) groups excluding carboxylic acids is 3. The van der Waals surface area contributed by atoms with Crippen molar-refractivity contribution in [2.75, 3.05) is 7.11 Å². The Morgan fingerprint density at radius 1 is 0.788 bits per heavy atom. The molecular formula is C28H27NO4. The van der Waals surface area contributed by atoms with Gasteiger partial charge in [-0.25, -0.2) is 0 Å². The largest absolute Gasteiger partial charge is 0.468 e. The monoisotopic (exact) mass is 441 g/mol. The molecular weight excluding hydrogens is 414 g/mol. The van der Waals surface area contributed by atoms with Crippen molar-refractivity contribution < 1.29 is 19.1 Å². The number of esters is 1. The first kappa shape index (κ1) is 22.6. The highest BCUT2D eigenvalue weighted by atomic mass is 16.5. The van der Waals surface area contributed by atoms with Gasteiger partial charge >= 0.3 is 5.97 Å². The number of ether oxygens (including phenoxy) is 1. The summed E-state index contributed by atoms with van der Waals surface area (Å²) >= 11 is 0. The molecule has 168 valence electrons. The first-order valence-corrected chi connectivity index (χ1v) is 11.0. The number of fused-ring (bicyclic) bond motifs is 3. The van der Waals surface area contributed by atoms with E-state index in [9.17, 15) is 14.4 Å². The molecule has 1 aliphatic rings. The minimum atomic E-state index is -0.888. The van der Waals surface area contributed by atoms with Crippen molar-refractivity contribution in [3.8, 4) is 11.1 Å². The number of hydrogen-bond acceptors (Lipinski definition) is 5. The van der Waals surface area contributed by atoms with Gasteiger partial charge in [0.2, 0.25) is 0 Å². The predicted octanol–water partition coefficient (Wildman–Crippen LogP) is 4.27. The quantitative estimate of drug-likeness (QED) is 0.417. The second kappa shape index (κ2) is 9.12. The maximum absolute atomic E-state index is 13.0. The highest BCUT2D eigenvalue weighted by molar-refractivity contribution is 6.00. The first-order chi connectivity index (χ1) is 15.9. The fourth-order valence-electron chi connectivity index (χ4n) is 4.94. The van der Waals surface area contributed by atoms with Crippen molar-refractivity contribution >= 4 is 17.5 Å². The van der Waals surface area contributed by atoms with E-state index in [1.54, 1.807) is 0 Å². The second-order valence-electron chi connectivity index (χ2n) is 8.44. The molecule has 5 heteroatoms. The molecule has 1 aliphatic carbocycles. The lowest BCUT2D eigenvalue weighted by atomic mass is 9.79. The SMILES string of the molecule is COC(=O)C(CC(C(C)=O)C(C)=O)NC1(c2ccccc2)c2ccccc2-c2ccccc21. The number of hydrogen-bond donors (Lipinski definition) is 1. The summed E-state index contributed by atoms with van der Waals surface area (Å²) in [4.78, 5) is 37.4. The molecule has 0 amide bonds. The van der Waals surface area contributed by atoms with Crippen LogP contribution in [-0.4, -0.2) is 30.7 Å². The van der Waals surface area contributed by atoms with Crippen LogP contribution in [0.2, 0.25) is 0 Å². The molecule has 4 rings (SSSR count). The minimum Gasteiger partial charge on any atom is -0.468 e. The van der Waals surface area contributed by atoms with E-state index in [0.29, 0.717) is 0 Å². The van der Waals surface area contributed by atoms with Gasteiger partial charge in [0.25, 0.3) is 0 Å². The van der Waals surface area contributed by atoms with Crippen molar-refractivity contribution in [2.24, 2.45) is 5.92 Å². The summed E-state index contributed by atoms with van der Waals surface area (Å²) in [6, 6.07) is 25.2. The average molecular weight is 442 g/mol. The Labute approximate surface area is 193 Å². The molecule has 0 fully saturated rings. The van der Waals surface area contributed by atoms with E-state index in [2.05, 4.69) is 29.6 Å². The zero-order valence-corrected chi connectivity index (χ0v) is 19.0. The van der Waals surface area contributed by atoms with Gasteiger partial charge in [-0.3, -0.25) is 19.7 Å². The van der Waals surface area contributed by atoms with Gasteiger partial charge in [0.05, 0.1) is 18.6 Å². The zero-order valence-electron chi connectivity index (χ0n) is 19.0. The molecule has 33 heavy (non-hydrogen) atoms. The molecule has 0 saturated heterocycles. The average Bonchev–Trinajstić information content (AvgIpc) is 3.12. The van der Waals surface area contributed by atoms with Crippen LogP contribution < -0.4 is 5.32 Å². The molecule has 1 unspecified atom stereocenters. The molecule has 0 spiro atoms. The number of rotatable bonds is 8. The summed E-state index contributed by atoms with van der Waals surface area (Å²) in [5, 5.41) is 3.57. The van der Waals surface area contributed by atoms with Gasteiger partial charge in [-0.2, -0.15) is 0 Å². The van der Waals surface area contributed by atoms with Crippen LogP contribution in [0.1, 0.15) is 37.0 Å². The van der Waals surface area contributed by atoms with Crippen LogP contribution >= 0.6 is 0 Å². The van der Waals surface area contributed by atoms with Gasteiger partial charge in [0, 0.05) is 0 Å². The third-order valence-electron chi connectivity index (χ3n) is 6.49. The molecule has 5 nitrogen and oxygen atoms in total. The number of carbonyl (C=O) groups is 3. The summed E-state index contributed by atoms with van der Waals surface area (Å²) in [7, 11) is 1.32. The van der Waals surface area contributed by atoms with Crippen molar-refractivity contribution in [1.29, 1.82) is 0 Å². The molecule has 0 aliphatic heterocycles. The third-order valence-corrected chi connectivity index (χ3v) is 6.49. The number of ketones is 2. The van der Waals surface area contributed by atoms with E-state index in [1.807, 2.05) is 54.6 Å². The summed E-state index contributed by atoms with van der Waals surface area (Å²) in [6.45, 7) is 2.76. The number of Topliss-reactive ketones (excluding diaryl/α,β-unsaturated/α-hetero) is 2. The van der Waals surface area contributed by atoms with Gasteiger partial charge in [0.1, 0.15) is 17.6 Å². The van der Waals surface area contributed by atoms with Gasteiger partial charge in [-0.1, -0.05) is 78.9 Å². The number of benzene rings is 3. The van der Waals surface area contributed by atoms with Crippen molar-refractivity contribution in [3.05, 3.63) is 95.6 Å². The van der Waals surface area contributed by atoms with Crippen molar-refractivity contribution in [3.63, 3.8) is 0 Å². The first-order valence-electron chi connectivity index (χ1n) is 11.0. The molecule has 0 bridgehead atoms. The van der Waals surface area contributed by atoms with Gasteiger partial charge in [-0.15, -0.1) is 0 Å². The highest BCUT2D eigenvalue weighted by Crippen LogP contribution is 2.51. The lowest BCUT2D eigenvalue weighted by Crippen LogP contribution is -2.53. The molecule has 0 radical (unpaired) electrons. The van der Waals surface area contributed by atoms with Gasteiger partial charge in [-0.05, 0) is 48.1 Å². The van der Waals surface area contributed by atoms with E-state index >= 15 is 0 Å². The van der Waals surface area contributed by atoms with E-state index < -0.39 is 23.5 Å². The zero-order chi connectivity index (χ0) is 23.6. The summed E-state index contributed by atoms with van der Waals surface area (Å²) in [6.07, 6.45) is 0.0241. The Morgan fingerprint density at radius 2 is 1.27 bits per heavy atom. The maximum atomic E-state index is 13.0. The Kier molecular flexibility index (Phi) is 6.25. The van der Waals surface area contributed by atoms with Crippen LogP contribution in [0.3, 0.4) is 0 Å². The summed E-state index contributed by atoms with van der Waals surface area (Å²) < 4.78 is 5.12. The summed E-state index contributed by atoms with van der Waals surface area (Å²) in [5.41, 5.74) is 4.26. The minimum absolute atomic E-state index is 0.0241. The van der Waals surface area contributed by atoms with Crippen LogP contribution in [0.25, 0.3) is 11.1 Å². The standard InChI is InChI=1S/C28H27NO4/c1-18(30)23(19(2)31)17-26(27(32)33-3)29-28(20-11-5-4-6-12-20)24-15-9-7-13-21(24)22-14-8-10-16-25(22)28/h4-16,23,26,29H,17H2,1-3H3. The van der Waals surface area contributed by atoms with E-state index in [0.717, 1.165) is 27.8 Å². The molecule has 0 heterocycles. The fraction of sp³-hybridized carbons (Fsp3) is 0.250. The predicted molar refractivity (Wildman–Crippen MR) is 127 cm³/mol.